The van der Waals surface area contributed by atoms with E-state index in [2.05, 4.69) is 35.8 Å². The Morgan fingerprint density at radius 1 is 0.375 bits per heavy atom. The average molecular weight is 452 g/mol. The van der Waals surface area contributed by atoms with Crippen LogP contribution in [0.1, 0.15) is 112 Å². The summed E-state index contributed by atoms with van der Waals surface area (Å²) in [7, 11) is 6.68. The first-order valence-electron chi connectivity index (χ1n) is 14.5. The van der Waals surface area contributed by atoms with Gasteiger partial charge in [-0.2, -0.15) is 0 Å². The summed E-state index contributed by atoms with van der Waals surface area (Å²) in [4.78, 5) is 7.33. The molecule has 3 spiro atoms. The van der Waals surface area contributed by atoms with Crippen LogP contribution in [-0.4, -0.2) is 75.1 Å². The van der Waals surface area contributed by atoms with Gasteiger partial charge in [0.15, 0.2) is 0 Å². The molecule has 192 valence electrons. The largest absolute Gasteiger partial charge is 0.306 e. The normalized spacial score (nSPS) is 27.7. The minimum Gasteiger partial charge on any atom is -0.306 e. The van der Waals surface area contributed by atoms with Crippen LogP contribution >= 0.6 is 0 Å². The molecule has 6 fully saturated rings. The topological polar surface area (TPSA) is 9.72 Å². The smallest absolute Gasteiger partial charge is 0.00474 e. The fraction of sp³-hybridized carbons (Fsp3) is 1.00. The zero-order chi connectivity index (χ0) is 24.3. The summed E-state index contributed by atoms with van der Waals surface area (Å²) < 4.78 is 0. The van der Waals surface area contributed by atoms with Gasteiger partial charge in [-0.3, -0.25) is 0 Å². The summed E-state index contributed by atoms with van der Waals surface area (Å²) in [5.41, 5.74) is 2.52. The Morgan fingerprint density at radius 2 is 0.750 bits per heavy atom. The number of piperidine rings is 1. The summed E-state index contributed by atoms with van der Waals surface area (Å²) in [5, 5.41) is 0. The zero-order valence-electron chi connectivity index (χ0n) is 23.9. The molecule has 3 aliphatic heterocycles. The number of rotatable bonds is 0. The molecule has 0 aromatic carbocycles. The molecular formula is C29H61N3. The van der Waals surface area contributed by atoms with Crippen molar-refractivity contribution < 1.29 is 0 Å². The van der Waals surface area contributed by atoms with Crippen molar-refractivity contribution in [3.8, 4) is 0 Å². The van der Waals surface area contributed by atoms with Crippen molar-refractivity contribution in [1.82, 2.24) is 14.7 Å². The van der Waals surface area contributed by atoms with E-state index in [0.29, 0.717) is 0 Å². The van der Waals surface area contributed by atoms with Gasteiger partial charge in [0.1, 0.15) is 0 Å². The Kier molecular flexibility index (Phi) is 13.4. The van der Waals surface area contributed by atoms with Crippen LogP contribution in [0.4, 0.5) is 0 Å². The van der Waals surface area contributed by atoms with E-state index >= 15 is 0 Å². The van der Waals surface area contributed by atoms with Crippen molar-refractivity contribution in [2.45, 2.75) is 112 Å². The van der Waals surface area contributed by atoms with Crippen molar-refractivity contribution in [2.24, 2.45) is 16.2 Å². The fourth-order valence-electron chi connectivity index (χ4n) is 6.11. The Hall–Kier alpha value is -0.120. The predicted octanol–water partition coefficient (Wildman–Crippen LogP) is 7.17. The third-order valence-corrected chi connectivity index (χ3v) is 8.67. The molecule has 3 heterocycles. The molecule has 0 unspecified atom stereocenters. The highest BCUT2D eigenvalue weighted by molar-refractivity contribution is 4.99. The molecule has 3 saturated heterocycles. The Bertz CT molecular complexity index is 459. The molecule has 0 bridgehead atoms. The molecule has 0 radical (unpaired) electrons. The quantitative estimate of drug-likeness (QED) is 0.386. The van der Waals surface area contributed by atoms with E-state index in [4.69, 9.17) is 0 Å². The van der Waals surface area contributed by atoms with Crippen LogP contribution in [-0.2, 0) is 0 Å². The van der Waals surface area contributed by atoms with Gasteiger partial charge in [-0.25, -0.2) is 0 Å². The summed E-state index contributed by atoms with van der Waals surface area (Å²) in [5.74, 6) is 0. The van der Waals surface area contributed by atoms with E-state index < -0.39 is 0 Å². The molecule has 0 amide bonds. The van der Waals surface area contributed by atoms with Crippen molar-refractivity contribution in [3.05, 3.63) is 0 Å². The van der Waals surface area contributed by atoms with Gasteiger partial charge < -0.3 is 14.7 Å². The molecule has 6 rings (SSSR count). The van der Waals surface area contributed by atoms with E-state index in [1.165, 1.54) is 110 Å². The molecule has 0 aromatic heterocycles. The second-order valence-corrected chi connectivity index (χ2v) is 11.2. The highest BCUT2D eigenvalue weighted by Gasteiger charge is 2.46. The van der Waals surface area contributed by atoms with E-state index in [1.54, 1.807) is 0 Å². The standard InChI is InChI=1S/C9H17N.2C7H13N.3C2H6/c1-10-7-5-9(6-8-10)3-2-4-9;1-8-5-4-7(6-8)2-3-7;1-8-5-7(6-8)3-2-4-7;3*1-2/h2-8H2,1H3;2*2-6H2,1H3;3*1-2H3. The van der Waals surface area contributed by atoms with Crippen LogP contribution in [0.5, 0.6) is 0 Å². The van der Waals surface area contributed by atoms with Crippen LogP contribution in [0.15, 0.2) is 0 Å². The Balaban J connectivity index is 0.000000216. The van der Waals surface area contributed by atoms with Crippen molar-refractivity contribution in [3.63, 3.8) is 0 Å². The van der Waals surface area contributed by atoms with Crippen LogP contribution in [0.25, 0.3) is 0 Å². The van der Waals surface area contributed by atoms with E-state index in [9.17, 15) is 0 Å². The average Bonchev–Trinajstić information content (AvgIpc) is 3.42. The lowest BCUT2D eigenvalue weighted by molar-refractivity contribution is -0.0436. The second-order valence-electron chi connectivity index (χ2n) is 11.2. The van der Waals surface area contributed by atoms with Crippen LogP contribution in [0.3, 0.4) is 0 Å². The van der Waals surface area contributed by atoms with Gasteiger partial charge in [-0.05, 0) is 115 Å². The Morgan fingerprint density at radius 3 is 0.969 bits per heavy atom. The molecule has 3 aliphatic carbocycles. The lowest BCUT2D eigenvalue weighted by atomic mass is 9.63. The van der Waals surface area contributed by atoms with E-state index in [1.807, 2.05) is 41.5 Å². The molecular weight excluding hydrogens is 390 g/mol. The van der Waals surface area contributed by atoms with Crippen LogP contribution in [0.2, 0.25) is 0 Å². The first-order valence-corrected chi connectivity index (χ1v) is 14.5. The Labute approximate surface area is 203 Å². The third kappa shape index (κ3) is 8.58. The zero-order valence-corrected chi connectivity index (χ0v) is 23.9. The van der Waals surface area contributed by atoms with Crippen LogP contribution < -0.4 is 0 Å². The summed E-state index contributed by atoms with van der Waals surface area (Å²) in [6.07, 6.45) is 16.5. The number of nitrogens with zero attached hydrogens (tertiary/aromatic N) is 3. The molecule has 0 aromatic rings. The highest BCUT2D eigenvalue weighted by Crippen LogP contribution is 2.52. The number of hydrogen-bond donors (Lipinski definition) is 0. The first-order chi connectivity index (χ1) is 15.4. The van der Waals surface area contributed by atoms with E-state index in [0.717, 1.165) is 16.2 Å². The fourth-order valence-corrected chi connectivity index (χ4v) is 6.11. The van der Waals surface area contributed by atoms with Crippen molar-refractivity contribution in [2.75, 3.05) is 60.4 Å². The van der Waals surface area contributed by atoms with Gasteiger partial charge in [-0.1, -0.05) is 54.4 Å². The minimum atomic E-state index is 0.840. The second kappa shape index (κ2) is 14.3. The van der Waals surface area contributed by atoms with Gasteiger partial charge in [0.2, 0.25) is 0 Å². The molecule has 3 saturated carbocycles. The van der Waals surface area contributed by atoms with Crippen molar-refractivity contribution in [1.29, 1.82) is 0 Å². The summed E-state index contributed by atoms with van der Waals surface area (Å²) in [6, 6.07) is 0. The molecule has 3 nitrogen and oxygen atoms in total. The minimum absolute atomic E-state index is 0.840. The first kappa shape index (κ1) is 29.9. The SMILES string of the molecule is CC.CC.CC.CN1CC2(CCC2)C1.CN1CCC2(CC2)C1.CN1CCC2(CCC2)CC1. The van der Waals surface area contributed by atoms with Gasteiger partial charge >= 0.3 is 0 Å². The monoisotopic (exact) mass is 451 g/mol. The predicted molar refractivity (Wildman–Crippen MR) is 145 cm³/mol. The van der Waals surface area contributed by atoms with E-state index in [-0.39, 0.29) is 0 Å². The van der Waals surface area contributed by atoms with Crippen LogP contribution in [0, 0.1) is 16.2 Å². The van der Waals surface area contributed by atoms with Gasteiger partial charge in [0, 0.05) is 19.6 Å². The number of hydrogen-bond acceptors (Lipinski definition) is 3. The molecule has 3 heteroatoms. The maximum Gasteiger partial charge on any atom is 0.00474 e. The molecule has 0 atom stereocenters. The van der Waals surface area contributed by atoms with Gasteiger partial charge in [0.05, 0.1) is 0 Å². The van der Waals surface area contributed by atoms with Gasteiger partial charge in [-0.15, -0.1) is 0 Å². The molecule has 32 heavy (non-hydrogen) atoms. The lowest BCUT2D eigenvalue weighted by Gasteiger charge is -2.54. The maximum atomic E-state index is 2.46. The van der Waals surface area contributed by atoms with Gasteiger partial charge in [0.25, 0.3) is 0 Å². The van der Waals surface area contributed by atoms with Crippen molar-refractivity contribution >= 4 is 0 Å². The third-order valence-electron chi connectivity index (χ3n) is 8.67. The maximum absolute atomic E-state index is 2.46. The number of likely N-dealkylation sites (tertiary alicyclic amines) is 3. The summed E-state index contributed by atoms with van der Waals surface area (Å²) >= 11 is 0. The summed E-state index contributed by atoms with van der Waals surface area (Å²) in [6.45, 7) is 20.2. The molecule has 6 aliphatic rings. The lowest BCUT2D eigenvalue weighted by Crippen LogP contribution is -2.57. The highest BCUT2D eigenvalue weighted by atomic mass is 15.2. The molecule has 0 N–H and O–H groups in total.